The van der Waals surface area contributed by atoms with Crippen LogP contribution in [0, 0.1) is 6.92 Å². The fraction of sp³-hybridized carbons (Fsp3) is 0.400. The molecule has 0 unspecified atom stereocenters. The van der Waals surface area contributed by atoms with E-state index >= 15 is 0 Å². The van der Waals surface area contributed by atoms with Crippen molar-refractivity contribution in [2.75, 3.05) is 18.5 Å². The van der Waals surface area contributed by atoms with Gasteiger partial charge in [-0.3, -0.25) is 4.79 Å². The molecule has 0 fully saturated rings. The first-order chi connectivity index (χ1) is 9.35. The summed E-state index contributed by atoms with van der Waals surface area (Å²) in [5.41, 5.74) is 7.87. The zero-order valence-electron chi connectivity index (χ0n) is 12.2. The molecule has 0 radical (unpaired) electrons. The van der Waals surface area contributed by atoms with Crippen LogP contribution < -0.4 is 11.1 Å². The third-order valence-corrected chi connectivity index (χ3v) is 5.99. The van der Waals surface area contributed by atoms with Gasteiger partial charge in [0.25, 0.3) is 5.91 Å². The summed E-state index contributed by atoms with van der Waals surface area (Å²) in [4.78, 5) is 12.9. The second-order valence-electron chi connectivity index (χ2n) is 5.44. The van der Waals surface area contributed by atoms with E-state index < -0.39 is 0 Å². The van der Waals surface area contributed by atoms with Crippen LogP contribution in [0.2, 0.25) is 0 Å². The van der Waals surface area contributed by atoms with E-state index in [-0.39, 0.29) is 10.7 Å². The molecule has 0 saturated heterocycles. The van der Waals surface area contributed by atoms with Gasteiger partial charge in [-0.15, -0.1) is 11.3 Å². The fourth-order valence-corrected chi connectivity index (χ4v) is 3.22. The maximum absolute atomic E-state index is 12.3. The van der Waals surface area contributed by atoms with Gasteiger partial charge in [-0.1, -0.05) is 18.2 Å². The minimum absolute atomic E-state index is 0.0248. The number of hydrogen-bond acceptors (Lipinski definition) is 4. The molecule has 0 bridgehead atoms. The molecule has 3 N–H and O–H groups in total. The lowest BCUT2D eigenvalue weighted by molar-refractivity contribution is 0.0955. The number of nitrogen functional groups attached to an aromatic ring is 1. The van der Waals surface area contributed by atoms with Gasteiger partial charge in [0.15, 0.2) is 0 Å². The van der Waals surface area contributed by atoms with Crippen LogP contribution in [0.5, 0.6) is 0 Å². The molecule has 0 saturated carbocycles. The smallest absolute Gasteiger partial charge is 0.263 e. The molecule has 0 aliphatic rings. The van der Waals surface area contributed by atoms with Crippen molar-refractivity contribution in [2.24, 2.45) is 0 Å². The fourth-order valence-electron chi connectivity index (χ4n) is 1.89. The van der Waals surface area contributed by atoms with Gasteiger partial charge in [0.2, 0.25) is 0 Å². The molecule has 2 rings (SSSR count). The first-order valence-corrected chi connectivity index (χ1v) is 8.51. The van der Waals surface area contributed by atoms with Crippen molar-refractivity contribution < 1.29 is 4.79 Å². The first kappa shape index (κ1) is 15.2. The summed E-state index contributed by atoms with van der Waals surface area (Å²) in [5, 5.41) is 3.96. The lowest BCUT2D eigenvalue weighted by atomic mass is 10.1. The molecule has 3 nitrogen and oxygen atoms in total. The highest BCUT2D eigenvalue weighted by Crippen LogP contribution is 2.35. The quantitative estimate of drug-likeness (QED) is 0.906. The SMILES string of the molecule is CSC(C)(C)CNC(=O)c1sc2c(C)cccc2c1N. The lowest BCUT2D eigenvalue weighted by Gasteiger charge is -2.22. The predicted octanol–water partition coefficient (Wildman–Crippen LogP) is 3.66. The lowest BCUT2D eigenvalue weighted by Crippen LogP contribution is -2.35. The zero-order chi connectivity index (χ0) is 14.9. The number of thiophene rings is 1. The number of fused-ring (bicyclic) bond motifs is 1. The second kappa shape index (κ2) is 5.66. The number of benzene rings is 1. The van der Waals surface area contributed by atoms with Crippen molar-refractivity contribution >= 4 is 44.8 Å². The van der Waals surface area contributed by atoms with E-state index in [0.29, 0.717) is 17.1 Å². The molecule has 5 heteroatoms. The molecule has 1 heterocycles. The summed E-state index contributed by atoms with van der Waals surface area (Å²) in [6.45, 7) is 6.88. The van der Waals surface area contributed by atoms with Gasteiger partial charge in [-0.2, -0.15) is 11.8 Å². The van der Waals surface area contributed by atoms with Gasteiger partial charge >= 0.3 is 0 Å². The Kier molecular flexibility index (Phi) is 4.30. The minimum atomic E-state index is -0.0785. The molecule has 1 aromatic carbocycles. The number of hydrogen-bond donors (Lipinski definition) is 2. The van der Waals surface area contributed by atoms with Crippen LogP contribution in [0.15, 0.2) is 18.2 Å². The van der Waals surface area contributed by atoms with E-state index in [0.717, 1.165) is 15.6 Å². The Morgan fingerprint density at radius 3 is 2.75 bits per heavy atom. The van der Waals surface area contributed by atoms with E-state index in [2.05, 4.69) is 19.2 Å². The monoisotopic (exact) mass is 308 g/mol. The Morgan fingerprint density at radius 1 is 1.45 bits per heavy atom. The molecule has 0 aliphatic heterocycles. The molecule has 108 valence electrons. The number of aryl methyl sites for hydroxylation is 1. The molecule has 1 aromatic heterocycles. The highest BCUT2D eigenvalue weighted by molar-refractivity contribution is 7.99. The molecule has 1 amide bonds. The molecule has 2 aromatic rings. The second-order valence-corrected chi connectivity index (χ2v) is 7.98. The molecular weight excluding hydrogens is 288 g/mol. The maximum Gasteiger partial charge on any atom is 0.263 e. The topological polar surface area (TPSA) is 55.1 Å². The largest absolute Gasteiger partial charge is 0.397 e. The standard InChI is InChI=1S/C15H20N2OS2/c1-9-6-5-7-10-11(16)13(20-12(9)10)14(18)17-8-15(2,3)19-4/h5-7H,8,16H2,1-4H3,(H,17,18). The average molecular weight is 308 g/mol. The van der Waals surface area contributed by atoms with Gasteiger partial charge in [0.05, 0.1) is 5.69 Å². The van der Waals surface area contributed by atoms with Crippen molar-refractivity contribution in [3.05, 3.63) is 28.6 Å². The predicted molar refractivity (Wildman–Crippen MR) is 90.9 cm³/mol. The summed E-state index contributed by atoms with van der Waals surface area (Å²) in [7, 11) is 0. The summed E-state index contributed by atoms with van der Waals surface area (Å²) in [6, 6.07) is 5.98. The maximum atomic E-state index is 12.3. The Morgan fingerprint density at radius 2 is 2.15 bits per heavy atom. The zero-order valence-corrected chi connectivity index (χ0v) is 13.9. The van der Waals surface area contributed by atoms with Crippen molar-refractivity contribution in [3.63, 3.8) is 0 Å². The summed E-state index contributed by atoms with van der Waals surface area (Å²) < 4.78 is 1.12. The van der Waals surface area contributed by atoms with Crippen molar-refractivity contribution in [1.29, 1.82) is 0 Å². The molecular formula is C15H20N2OS2. The summed E-state index contributed by atoms with van der Waals surface area (Å²) in [6.07, 6.45) is 2.04. The number of carbonyl (C=O) groups excluding carboxylic acids is 1. The molecule has 0 atom stereocenters. The van der Waals surface area contributed by atoms with Gasteiger partial charge in [0, 0.05) is 21.4 Å². The van der Waals surface area contributed by atoms with E-state index in [9.17, 15) is 4.79 Å². The Hall–Kier alpha value is -1.20. The Labute approximate surface area is 127 Å². The Bertz CT molecular complexity index is 647. The Balaban J connectivity index is 2.27. The van der Waals surface area contributed by atoms with Crippen LogP contribution >= 0.6 is 23.1 Å². The van der Waals surface area contributed by atoms with Crippen molar-refractivity contribution in [2.45, 2.75) is 25.5 Å². The van der Waals surface area contributed by atoms with Crippen LogP contribution in [0.25, 0.3) is 10.1 Å². The van der Waals surface area contributed by atoms with E-state index in [1.54, 1.807) is 11.8 Å². The number of rotatable bonds is 4. The van der Waals surface area contributed by atoms with Crippen LogP contribution in [0.3, 0.4) is 0 Å². The third kappa shape index (κ3) is 2.94. The van der Waals surface area contributed by atoms with E-state index in [4.69, 9.17) is 5.73 Å². The normalized spacial score (nSPS) is 11.8. The molecule has 0 spiro atoms. The average Bonchev–Trinajstić information content (AvgIpc) is 2.76. The highest BCUT2D eigenvalue weighted by atomic mass is 32.2. The minimum Gasteiger partial charge on any atom is -0.397 e. The third-order valence-electron chi connectivity index (χ3n) is 3.38. The van der Waals surface area contributed by atoms with Crippen molar-refractivity contribution in [1.82, 2.24) is 5.32 Å². The van der Waals surface area contributed by atoms with Crippen LogP contribution in [-0.2, 0) is 0 Å². The molecule has 20 heavy (non-hydrogen) atoms. The summed E-state index contributed by atoms with van der Waals surface area (Å²) in [5.74, 6) is -0.0785. The van der Waals surface area contributed by atoms with Gasteiger partial charge in [-0.05, 0) is 32.6 Å². The van der Waals surface area contributed by atoms with Gasteiger partial charge in [-0.25, -0.2) is 0 Å². The number of nitrogens with two attached hydrogens (primary N) is 1. The molecule has 0 aliphatic carbocycles. The van der Waals surface area contributed by atoms with Gasteiger partial charge in [0.1, 0.15) is 4.88 Å². The van der Waals surface area contributed by atoms with Crippen molar-refractivity contribution in [3.8, 4) is 0 Å². The number of carbonyl (C=O) groups is 1. The summed E-state index contributed by atoms with van der Waals surface area (Å²) >= 11 is 3.21. The van der Waals surface area contributed by atoms with Crippen LogP contribution in [0.4, 0.5) is 5.69 Å². The first-order valence-electron chi connectivity index (χ1n) is 6.46. The van der Waals surface area contributed by atoms with E-state index in [1.807, 2.05) is 31.4 Å². The van der Waals surface area contributed by atoms with E-state index in [1.165, 1.54) is 11.3 Å². The number of nitrogens with one attached hydrogen (secondary N) is 1. The number of anilines is 1. The highest BCUT2D eigenvalue weighted by Gasteiger charge is 2.21. The number of amides is 1. The van der Waals surface area contributed by atoms with Crippen LogP contribution in [0.1, 0.15) is 29.1 Å². The van der Waals surface area contributed by atoms with Gasteiger partial charge < -0.3 is 11.1 Å². The number of thioether (sulfide) groups is 1. The van der Waals surface area contributed by atoms with Crippen LogP contribution in [-0.4, -0.2) is 23.5 Å².